The van der Waals surface area contributed by atoms with E-state index < -0.39 is 0 Å². The molecule has 1 atom stereocenters. The van der Waals surface area contributed by atoms with Gasteiger partial charge < -0.3 is 9.26 Å². The zero-order valence-corrected chi connectivity index (χ0v) is 13.3. The van der Waals surface area contributed by atoms with Gasteiger partial charge in [0.15, 0.2) is 5.82 Å². The fraction of sp³-hybridized carbons (Fsp3) is 0.533. The molecule has 0 aromatic carbocycles. The van der Waals surface area contributed by atoms with Crippen LogP contribution in [0.15, 0.2) is 22.9 Å². The van der Waals surface area contributed by atoms with Crippen LogP contribution >= 0.6 is 11.6 Å². The normalized spacial score (nSPS) is 19.3. The molecule has 0 saturated carbocycles. The summed E-state index contributed by atoms with van der Waals surface area (Å²) in [6.07, 6.45) is 3.97. The molecule has 22 heavy (non-hydrogen) atoms. The maximum atomic E-state index is 6.05. The molecule has 6 nitrogen and oxygen atoms in total. The zero-order valence-electron chi connectivity index (χ0n) is 12.5. The van der Waals surface area contributed by atoms with Crippen molar-refractivity contribution in [2.24, 2.45) is 5.92 Å². The van der Waals surface area contributed by atoms with Crippen LogP contribution in [0.1, 0.15) is 24.6 Å². The van der Waals surface area contributed by atoms with Crippen LogP contribution in [-0.4, -0.2) is 39.7 Å². The van der Waals surface area contributed by atoms with Gasteiger partial charge in [0.1, 0.15) is 5.02 Å². The van der Waals surface area contributed by atoms with E-state index in [1.54, 1.807) is 18.3 Å². The SMILES string of the molecule is Cc1noc(CN2CCCC(COc3ncccc3Cl)C2)n1. The second-order valence-electron chi connectivity index (χ2n) is 5.58. The lowest BCUT2D eigenvalue weighted by atomic mass is 9.99. The summed E-state index contributed by atoms with van der Waals surface area (Å²) in [5.74, 6) is 2.31. The lowest BCUT2D eigenvalue weighted by molar-refractivity contribution is 0.113. The molecular formula is C15H19ClN4O2. The predicted octanol–water partition coefficient (Wildman–Crippen LogP) is 2.72. The number of rotatable bonds is 5. The summed E-state index contributed by atoms with van der Waals surface area (Å²) in [6, 6.07) is 3.58. The molecule has 3 heterocycles. The van der Waals surface area contributed by atoms with Crippen molar-refractivity contribution in [1.82, 2.24) is 20.0 Å². The Morgan fingerprint density at radius 3 is 3.18 bits per heavy atom. The van der Waals surface area contributed by atoms with E-state index in [-0.39, 0.29) is 0 Å². The number of nitrogens with zero attached hydrogens (tertiary/aromatic N) is 4. The van der Waals surface area contributed by atoms with E-state index >= 15 is 0 Å². The van der Waals surface area contributed by atoms with Crippen molar-refractivity contribution >= 4 is 11.6 Å². The molecule has 3 rings (SSSR count). The van der Waals surface area contributed by atoms with Gasteiger partial charge in [-0.15, -0.1) is 0 Å². The first kappa shape index (κ1) is 15.2. The van der Waals surface area contributed by atoms with Gasteiger partial charge in [-0.2, -0.15) is 4.98 Å². The van der Waals surface area contributed by atoms with Crippen molar-refractivity contribution in [2.75, 3.05) is 19.7 Å². The maximum Gasteiger partial charge on any atom is 0.240 e. The summed E-state index contributed by atoms with van der Waals surface area (Å²) in [5, 5.41) is 4.38. The Bertz CT molecular complexity index is 619. The van der Waals surface area contributed by atoms with Gasteiger partial charge in [-0.05, 0) is 38.4 Å². The maximum absolute atomic E-state index is 6.05. The topological polar surface area (TPSA) is 64.3 Å². The van der Waals surface area contributed by atoms with Crippen molar-refractivity contribution in [3.05, 3.63) is 35.1 Å². The first-order valence-electron chi connectivity index (χ1n) is 7.45. The molecule has 7 heteroatoms. The average molecular weight is 323 g/mol. The van der Waals surface area contributed by atoms with Gasteiger partial charge in [-0.1, -0.05) is 16.8 Å². The van der Waals surface area contributed by atoms with Gasteiger partial charge in [0.05, 0.1) is 13.2 Å². The van der Waals surface area contributed by atoms with E-state index in [9.17, 15) is 0 Å². The van der Waals surface area contributed by atoms with Crippen LogP contribution < -0.4 is 4.74 Å². The molecule has 118 valence electrons. The third-order valence-corrected chi connectivity index (χ3v) is 4.00. The Kier molecular flexibility index (Phi) is 4.90. The van der Waals surface area contributed by atoms with Crippen LogP contribution in [0.3, 0.4) is 0 Å². The second-order valence-corrected chi connectivity index (χ2v) is 5.99. The number of ether oxygens (including phenoxy) is 1. The standard InChI is InChI=1S/C15H19ClN4O2/c1-11-18-14(22-19-11)9-20-7-3-4-12(8-20)10-21-15-13(16)5-2-6-17-15/h2,5-6,12H,3-4,7-10H2,1H3. The number of pyridine rings is 1. The molecule has 1 fully saturated rings. The molecule has 0 aliphatic carbocycles. The first-order chi connectivity index (χ1) is 10.7. The minimum absolute atomic E-state index is 0.454. The largest absolute Gasteiger partial charge is 0.476 e. The fourth-order valence-corrected chi connectivity index (χ4v) is 2.88. The summed E-state index contributed by atoms with van der Waals surface area (Å²) in [4.78, 5) is 10.7. The van der Waals surface area contributed by atoms with Gasteiger partial charge in [-0.25, -0.2) is 4.98 Å². The minimum Gasteiger partial charge on any atom is -0.476 e. The molecule has 2 aromatic rings. The molecule has 1 unspecified atom stereocenters. The highest BCUT2D eigenvalue weighted by Gasteiger charge is 2.22. The third-order valence-electron chi connectivity index (χ3n) is 3.71. The lowest BCUT2D eigenvalue weighted by Gasteiger charge is -2.31. The quantitative estimate of drug-likeness (QED) is 0.843. The average Bonchev–Trinajstić information content (AvgIpc) is 2.92. The van der Waals surface area contributed by atoms with Gasteiger partial charge in [-0.3, -0.25) is 4.90 Å². The molecule has 0 radical (unpaired) electrons. The van der Waals surface area contributed by atoms with Gasteiger partial charge in [0.25, 0.3) is 0 Å². The van der Waals surface area contributed by atoms with Gasteiger partial charge in [0, 0.05) is 18.7 Å². The third kappa shape index (κ3) is 3.96. The number of piperidine rings is 1. The second kappa shape index (κ2) is 7.07. The summed E-state index contributed by atoms with van der Waals surface area (Å²) in [6.45, 7) is 5.14. The van der Waals surface area contributed by atoms with E-state index in [2.05, 4.69) is 20.0 Å². The number of likely N-dealkylation sites (tertiary alicyclic amines) is 1. The number of hydrogen-bond donors (Lipinski definition) is 0. The first-order valence-corrected chi connectivity index (χ1v) is 7.83. The molecule has 0 amide bonds. The van der Waals surface area contributed by atoms with Crippen molar-refractivity contribution in [2.45, 2.75) is 26.3 Å². The number of halogens is 1. The van der Waals surface area contributed by atoms with Crippen molar-refractivity contribution in [3.63, 3.8) is 0 Å². The highest BCUT2D eigenvalue weighted by atomic mass is 35.5. The van der Waals surface area contributed by atoms with E-state index in [4.69, 9.17) is 20.9 Å². The fourth-order valence-electron chi connectivity index (χ4n) is 2.70. The predicted molar refractivity (Wildman–Crippen MR) is 81.8 cm³/mol. The summed E-state index contributed by atoms with van der Waals surface area (Å²) in [5.41, 5.74) is 0. The van der Waals surface area contributed by atoms with Crippen molar-refractivity contribution in [3.8, 4) is 5.88 Å². The molecule has 2 aromatic heterocycles. The number of hydrogen-bond acceptors (Lipinski definition) is 6. The molecule has 0 N–H and O–H groups in total. The van der Waals surface area contributed by atoms with E-state index in [0.717, 1.165) is 25.9 Å². The zero-order chi connectivity index (χ0) is 15.4. The van der Waals surface area contributed by atoms with Gasteiger partial charge in [0.2, 0.25) is 11.8 Å². The van der Waals surface area contributed by atoms with Crippen LogP contribution in [0, 0.1) is 12.8 Å². The van der Waals surface area contributed by atoms with Crippen LogP contribution in [0.2, 0.25) is 5.02 Å². The van der Waals surface area contributed by atoms with E-state index in [1.165, 1.54) is 0 Å². The lowest BCUT2D eigenvalue weighted by Crippen LogP contribution is -2.37. The highest BCUT2D eigenvalue weighted by molar-refractivity contribution is 6.31. The number of aromatic nitrogens is 3. The minimum atomic E-state index is 0.454. The van der Waals surface area contributed by atoms with Crippen LogP contribution in [0.25, 0.3) is 0 Å². The van der Waals surface area contributed by atoms with Crippen LogP contribution in [-0.2, 0) is 6.54 Å². The van der Waals surface area contributed by atoms with Gasteiger partial charge >= 0.3 is 0 Å². The Labute approximate surface area is 134 Å². The van der Waals surface area contributed by atoms with Crippen LogP contribution in [0.5, 0.6) is 5.88 Å². The molecule has 1 aliphatic rings. The Hall–Kier alpha value is -1.66. The molecular weight excluding hydrogens is 304 g/mol. The van der Waals surface area contributed by atoms with Crippen molar-refractivity contribution < 1.29 is 9.26 Å². The Morgan fingerprint density at radius 2 is 2.41 bits per heavy atom. The Morgan fingerprint density at radius 1 is 1.50 bits per heavy atom. The van der Waals surface area contributed by atoms with E-state index in [0.29, 0.717) is 41.7 Å². The summed E-state index contributed by atoms with van der Waals surface area (Å²) >= 11 is 6.05. The smallest absolute Gasteiger partial charge is 0.240 e. The van der Waals surface area contributed by atoms with Crippen molar-refractivity contribution in [1.29, 1.82) is 0 Å². The molecule has 0 spiro atoms. The monoisotopic (exact) mass is 322 g/mol. The molecule has 0 bridgehead atoms. The highest BCUT2D eigenvalue weighted by Crippen LogP contribution is 2.23. The molecule has 1 saturated heterocycles. The molecule has 1 aliphatic heterocycles. The number of aryl methyl sites for hydroxylation is 1. The Balaban J connectivity index is 1.51. The summed E-state index contributed by atoms with van der Waals surface area (Å²) < 4.78 is 10.9. The summed E-state index contributed by atoms with van der Waals surface area (Å²) in [7, 11) is 0. The van der Waals surface area contributed by atoms with E-state index in [1.807, 2.05) is 6.92 Å². The van der Waals surface area contributed by atoms with Crippen LogP contribution in [0.4, 0.5) is 0 Å².